The molecule has 1 atom stereocenters. The molecule has 2 rings (SSSR count). The van der Waals surface area contributed by atoms with Crippen LogP contribution >= 0.6 is 27.7 Å². The molecule has 7 nitrogen and oxygen atoms in total. The topological polar surface area (TPSA) is 100 Å². The molecule has 1 unspecified atom stereocenters. The molecule has 1 heterocycles. The summed E-state index contributed by atoms with van der Waals surface area (Å²) in [4.78, 5) is 22.2. The number of halogens is 2. The smallest absolute Gasteiger partial charge is 0.305 e. The molecule has 23 heavy (non-hydrogen) atoms. The number of carbonyl (C=O) groups excluding carboxylic acids is 1. The van der Waals surface area contributed by atoms with Gasteiger partial charge in [-0.15, -0.1) is 5.10 Å². The van der Waals surface area contributed by atoms with Crippen molar-refractivity contribution in [1.82, 2.24) is 5.32 Å². The molecule has 1 aliphatic rings. The van der Waals surface area contributed by atoms with E-state index in [1.165, 1.54) is 25.5 Å². The van der Waals surface area contributed by atoms with E-state index in [1.54, 1.807) is 0 Å². The van der Waals surface area contributed by atoms with Gasteiger partial charge in [0.05, 0.1) is 24.2 Å². The van der Waals surface area contributed by atoms with Crippen LogP contribution in [0.15, 0.2) is 26.8 Å². The zero-order chi connectivity index (χ0) is 17.0. The molecule has 1 saturated heterocycles. The summed E-state index contributed by atoms with van der Waals surface area (Å²) in [6.07, 6.45) is 0.863. The average Bonchev–Trinajstić information content (AvgIpc) is 2.82. The van der Waals surface area contributed by atoms with Crippen LogP contribution in [0.1, 0.15) is 12.0 Å². The fraction of sp³-hybridized carbons (Fsp3) is 0.231. The summed E-state index contributed by atoms with van der Waals surface area (Å²) < 4.78 is 19.2. The largest absolute Gasteiger partial charge is 0.496 e. The van der Waals surface area contributed by atoms with Crippen LogP contribution in [0.5, 0.6) is 5.75 Å². The molecular weight excluding hydrogens is 393 g/mol. The zero-order valence-electron chi connectivity index (χ0n) is 11.7. The third-order valence-electron chi connectivity index (χ3n) is 2.78. The predicted octanol–water partition coefficient (Wildman–Crippen LogP) is 1.99. The number of aliphatic carboxylic acids is 1. The van der Waals surface area contributed by atoms with Gasteiger partial charge >= 0.3 is 5.97 Å². The average molecular weight is 404 g/mol. The number of nitrogens with one attached hydrogen (secondary N) is 1. The summed E-state index contributed by atoms with van der Waals surface area (Å²) in [5.74, 6) is -1.61. The molecule has 2 N–H and O–H groups in total. The molecule has 0 bridgehead atoms. The van der Waals surface area contributed by atoms with Crippen molar-refractivity contribution in [3.05, 3.63) is 28.0 Å². The lowest BCUT2D eigenvalue weighted by Gasteiger charge is -2.05. The molecule has 0 spiro atoms. The van der Waals surface area contributed by atoms with E-state index in [0.717, 1.165) is 11.8 Å². The van der Waals surface area contributed by atoms with E-state index in [0.29, 0.717) is 10.2 Å². The number of amides is 1. The van der Waals surface area contributed by atoms with E-state index in [-0.39, 0.29) is 17.2 Å². The van der Waals surface area contributed by atoms with Gasteiger partial charge in [-0.2, -0.15) is 5.10 Å². The van der Waals surface area contributed by atoms with Crippen LogP contribution in [0.25, 0.3) is 0 Å². The second-order valence-electron chi connectivity index (χ2n) is 4.32. The number of hydrogen-bond acceptors (Lipinski definition) is 6. The molecule has 1 aromatic rings. The number of thioether (sulfide) groups is 1. The van der Waals surface area contributed by atoms with Crippen LogP contribution in [0, 0.1) is 5.82 Å². The molecule has 1 aromatic carbocycles. The fourth-order valence-electron chi connectivity index (χ4n) is 1.71. The monoisotopic (exact) mass is 403 g/mol. The van der Waals surface area contributed by atoms with Gasteiger partial charge in [0.2, 0.25) is 5.91 Å². The van der Waals surface area contributed by atoms with E-state index in [2.05, 4.69) is 31.4 Å². The SMILES string of the molecule is COc1ccc(F)c(C=NN=C2NC(=O)C(CC(=O)O)S2)c1Br. The number of carbonyl (C=O) groups is 2. The van der Waals surface area contributed by atoms with Crippen molar-refractivity contribution < 1.29 is 23.8 Å². The molecule has 0 saturated carbocycles. The molecular formula is C13H11BrFN3O4S. The second kappa shape index (κ2) is 7.55. The number of amidine groups is 1. The summed E-state index contributed by atoms with van der Waals surface area (Å²) in [7, 11) is 1.45. The third-order valence-corrected chi connectivity index (χ3v) is 4.67. The van der Waals surface area contributed by atoms with Gasteiger partial charge in [0, 0.05) is 5.56 Å². The summed E-state index contributed by atoms with van der Waals surface area (Å²) in [5.41, 5.74) is 0.144. The minimum Gasteiger partial charge on any atom is -0.496 e. The van der Waals surface area contributed by atoms with Crippen LogP contribution in [0.4, 0.5) is 4.39 Å². The molecule has 1 amide bonds. The van der Waals surface area contributed by atoms with Crippen molar-refractivity contribution in [3.8, 4) is 5.75 Å². The van der Waals surface area contributed by atoms with Crippen molar-refractivity contribution in [2.75, 3.05) is 7.11 Å². The van der Waals surface area contributed by atoms with E-state index in [9.17, 15) is 14.0 Å². The van der Waals surface area contributed by atoms with Crippen molar-refractivity contribution in [3.63, 3.8) is 0 Å². The highest BCUT2D eigenvalue weighted by atomic mass is 79.9. The van der Waals surface area contributed by atoms with E-state index < -0.39 is 22.9 Å². The van der Waals surface area contributed by atoms with Crippen molar-refractivity contribution in [2.45, 2.75) is 11.7 Å². The lowest BCUT2D eigenvalue weighted by atomic mass is 10.2. The van der Waals surface area contributed by atoms with Crippen molar-refractivity contribution in [1.29, 1.82) is 0 Å². The van der Waals surface area contributed by atoms with Crippen LogP contribution in [0.2, 0.25) is 0 Å². The Morgan fingerprint density at radius 3 is 3.00 bits per heavy atom. The summed E-state index contributed by atoms with van der Waals surface area (Å²) in [5, 5.41) is 18.0. The molecule has 0 radical (unpaired) electrons. The number of ether oxygens (including phenoxy) is 1. The molecule has 1 aliphatic heterocycles. The highest BCUT2D eigenvalue weighted by Crippen LogP contribution is 2.29. The van der Waals surface area contributed by atoms with E-state index in [1.807, 2.05) is 0 Å². The number of nitrogens with zero attached hydrogens (tertiary/aromatic N) is 2. The first-order valence-electron chi connectivity index (χ1n) is 6.24. The second-order valence-corrected chi connectivity index (χ2v) is 6.31. The number of rotatable bonds is 5. The Bertz CT molecular complexity index is 711. The first-order chi connectivity index (χ1) is 10.9. The van der Waals surface area contributed by atoms with Crippen LogP contribution < -0.4 is 10.1 Å². The Morgan fingerprint density at radius 1 is 1.61 bits per heavy atom. The molecule has 122 valence electrons. The maximum atomic E-state index is 13.8. The molecule has 0 aliphatic carbocycles. The maximum Gasteiger partial charge on any atom is 0.305 e. The fourth-order valence-corrected chi connectivity index (χ4v) is 3.21. The zero-order valence-corrected chi connectivity index (χ0v) is 14.1. The van der Waals surface area contributed by atoms with Gasteiger partial charge < -0.3 is 15.2 Å². The van der Waals surface area contributed by atoms with Crippen LogP contribution in [-0.2, 0) is 9.59 Å². The Labute approximate surface area is 143 Å². The summed E-state index contributed by atoms with van der Waals surface area (Å²) in [6, 6.07) is 2.69. The summed E-state index contributed by atoms with van der Waals surface area (Å²) in [6.45, 7) is 0. The maximum absolute atomic E-state index is 13.8. The van der Waals surface area contributed by atoms with E-state index >= 15 is 0 Å². The van der Waals surface area contributed by atoms with Gasteiger partial charge in [-0.25, -0.2) is 4.39 Å². The highest BCUT2D eigenvalue weighted by Gasteiger charge is 2.32. The Balaban J connectivity index is 2.13. The normalized spacial score (nSPS) is 19.3. The van der Waals surface area contributed by atoms with Gasteiger partial charge in [0.1, 0.15) is 16.8 Å². The molecule has 10 heteroatoms. The minimum atomic E-state index is -1.08. The quantitative estimate of drug-likeness (QED) is 0.578. The summed E-state index contributed by atoms with van der Waals surface area (Å²) >= 11 is 4.17. The lowest BCUT2D eigenvalue weighted by Crippen LogP contribution is -2.26. The van der Waals surface area contributed by atoms with Gasteiger partial charge in [0.15, 0.2) is 5.17 Å². The highest BCUT2D eigenvalue weighted by molar-refractivity contribution is 9.10. The Hall–Kier alpha value is -1.94. The number of benzene rings is 1. The van der Waals surface area contributed by atoms with Gasteiger partial charge in [-0.05, 0) is 28.1 Å². The first-order valence-corrected chi connectivity index (χ1v) is 7.92. The van der Waals surface area contributed by atoms with Gasteiger partial charge in [0.25, 0.3) is 0 Å². The minimum absolute atomic E-state index is 0.144. The first kappa shape index (κ1) is 17.4. The van der Waals surface area contributed by atoms with E-state index in [4.69, 9.17) is 9.84 Å². The van der Waals surface area contributed by atoms with Gasteiger partial charge in [-0.1, -0.05) is 11.8 Å². The predicted molar refractivity (Wildman–Crippen MR) is 87.5 cm³/mol. The van der Waals surface area contributed by atoms with Crippen LogP contribution in [0.3, 0.4) is 0 Å². The van der Waals surface area contributed by atoms with Crippen molar-refractivity contribution in [2.24, 2.45) is 10.2 Å². The number of hydrogen-bond donors (Lipinski definition) is 2. The lowest BCUT2D eigenvalue weighted by molar-refractivity contribution is -0.138. The molecule has 0 aromatic heterocycles. The number of carboxylic acid groups (broad SMARTS) is 1. The standard InChI is InChI=1S/C13H11BrFN3O4S/c1-22-8-3-2-7(15)6(11(8)14)5-16-18-13-17-12(21)9(23-13)4-10(19)20/h2-3,5,9H,4H2,1H3,(H,19,20)(H,17,18,21). The number of methoxy groups -OCH3 is 1. The van der Waals surface area contributed by atoms with Crippen LogP contribution in [-0.4, -0.2) is 40.7 Å². The Kier molecular flexibility index (Phi) is 5.72. The van der Waals surface area contributed by atoms with Gasteiger partial charge in [-0.3, -0.25) is 9.59 Å². The van der Waals surface area contributed by atoms with Crippen molar-refractivity contribution >= 4 is 51.0 Å². The molecule has 1 fully saturated rings. The third kappa shape index (κ3) is 4.29. The number of carboxylic acids is 1. The Morgan fingerprint density at radius 2 is 2.35 bits per heavy atom.